The van der Waals surface area contributed by atoms with Crippen LogP contribution in [0.1, 0.15) is 22.8 Å². The molecule has 0 bridgehead atoms. The van der Waals surface area contributed by atoms with Crippen molar-refractivity contribution >= 4 is 34.6 Å². The highest BCUT2D eigenvalue weighted by Crippen LogP contribution is 2.24. The number of hydrogen-bond donors (Lipinski definition) is 2. The Labute approximate surface area is 172 Å². The Hall–Kier alpha value is -3.34. The first-order chi connectivity index (χ1) is 14.2. The van der Waals surface area contributed by atoms with Gasteiger partial charge in [-0.3, -0.25) is 9.48 Å². The summed E-state index contributed by atoms with van der Waals surface area (Å²) in [5, 5.41) is 9.66. The molecule has 2 N–H and O–H groups in total. The minimum absolute atomic E-state index is 0.0819. The van der Waals surface area contributed by atoms with Crippen LogP contribution in [0, 0.1) is 29.1 Å². The molecule has 0 aliphatic carbocycles. The maximum absolute atomic E-state index is 13.8. The van der Waals surface area contributed by atoms with Crippen LogP contribution < -0.4 is 10.6 Å². The molecule has 3 aromatic rings. The van der Waals surface area contributed by atoms with Gasteiger partial charge in [0.2, 0.25) is 5.82 Å². The highest BCUT2D eigenvalue weighted by atomic mass is 32.1. The smallest absolute Gasteiger partial charge is 0.200 e. The van der Waals surface area contributed by atoms with Crippen molar-refractivity contribution in [3.8, 4) is 0 Å². The lowest BCUT2D eigenvalue weighted by Gasteiger charge is -2.10. The third kappa shape index (κ3) is 4.46. The highest BCUT2D eigenvalue weighted by molar-refractivity contribution is 7.80. The zero-order valence-corrected chi connectivity index (χ0v) is 16.1. The van der Waals surface area contributed by atoms with E-state index in [1.807, 2.05) is 0 Å². The Kier molecular flexibility index (Phi) is 6.11. The van der Waals surface area contributed by atoms with Gasteiger partial charge < -0.3 is 10.6 Å². The third-order valence-corrected chi connectivity index (χ3v) is 4.26. The number of anilines is 2. The predicted octanol–water partition coefficient (Wildman–Crippen LogP) is 4.64. The van der Waals surface area contributed by atoms with Gasteiger partial charge in [-0.2, -0.15) is 5.10 Å². The molecule has 0 amide bonds. The monoisotopic (exact) mass is 440 g/mol. The zero-order chi connectivity index (χ0) is 22.0. The number of benzene rings is 2. The molecule has 0 fully saturated rings. The van der Waals surface area contributed by atoms with Crippen LogP contribution in [-0.4, -0.2) is 20.7 Å². The molecule has 0 saturated carbocycles. The quantitative estimate of drug-likeness (QED) is 0.199. The molecule has 0 radical (unpaired) electrons. The largest absolute Gasteiger partial charge is 0.332 e. The van der Waals surface area contributed by atoms with E-state index >= 15 is 0 Å². The van der Waals surface area contributed by atoms with Crippen molar-refractivity contribution < 1.29 is 26.7 Å². The van der Waals surface area contributed by atoms with Gasteiger partial charge in [0.05, 0.1) is 12.1 Å². The Balaban J connectivity index is 1.68. The first-order valence-corrected chi connectivity index (χ1v) is 8.81. The molecule has 156 valence electrons. The van der Waals surface area contributed by atoms with E-state index in [4.69, 9.17) is 12.2 Å². The lowest BCUT2D eigenvalue weighted by molar-refractivity contribution is 0.101. The van der Waals surface area contributed by atoms with E-state index in [0.29, 0.717) is 11.3 Å². The van der Waals surface area contributed by atoms with E-state index < -0.39 is 41.2 Å². The number of nitrogens with zero attached hydrogens (tertiary/aromatic N) is 2. The number of aromatic nitrogens is 2. The summed E-state index contributed by atoms with van der Waals surface area (Å²) in [4.78, 5) is 11.3. The van der Waals surface area contributed by atoms with E-state index in [-0.39, 0.29) is 16.7 Å². The Morgan fingerprint density at radius 3 is 2.07 bits per heavy atom. The van der Waals surface area contributed by atoms with Crippen LogP contribution in [0.2, 0.25) is 0 Å². The molecular formula is C19H13F5N4OS. The molecule has 0 unspecified atom stereocenters. The number of carbonyl (C=O) groups excluding carboxylic acids is 1. The van der Waals surface area contributed by atoms with Crippen LogP contribution in [0.3, 0.4) is 0 Å². The van der Waals surface area contributed by atoms with Crippen molar-refractivity contribution in [2.45, 2.75) is 13.5 Å². The summed E-state index contributed by atoms with van der Waals surface area (Å²) < 4.78 is 68.3. The molecule has 1 aromatic heterocycles. The normalized spacial score (nSPS) is 10.7. The van der Waals surface area contributed by atoms with Gasteiger partial charge in [-0.15, -0.1) is 0 Å². The fraction of sp³-hybridized carbons (Fsp3) is 0.105. The van der Waals surface area contributed by atoms with E-state index in [0.717, 1.165) is 4.68 Å². The number of carbonyl (C=O) groups is 1. The minimum Gasteiger partial charge on any atom is -0.332 e. The number of hydrogen-bond acceptors (Lipinski definition) is 3. The molecule has 11 heteroatoms. The summed E-state index contributed by atoms with van der Waals surface area (Å²) in [7, 11) is 0. The second kappa shape index (κ2) is 8.57. The number of ketones is 1. The number of thiocarbonyl (C=S) groups is 1. The molecule has 0 aliphatic heterocycles. The van der Waals surface area contributed by atoms with Crippen LogP contribution >= 0.6 is 12.2 Å². The molecular weight excluding hydrogens is 427 g/mol. The van der Waals surface area contributed by atoms with E-state index in [1.165, 1.54) is 19.2 Å². The van der Waals surface area contributed by atoms with Crippen molar-refractivity contribution in [1.29, 1.82) is 0 Å². The van der Waals surface area contributed by atoms with Gasteiger partial charge >= 0.3 is 0 Å². The molecule has 0 atom stereocenters. The molecule has 0 aliphatic rings. The fourth-order valence-electron chi connectivity index (χ4n) is 2.53. The minimum atomic E-state index is -2.22. The average Bonchev–Trinajstić information content (AvgIpc) is 3.15. The Morgan fingerprint density at radius 1 is 0.933 bits per heavy atom. The lowest BCUT2D eigenvalue weighted by atomic mass is 10.1. The molecule has 3 rings (SSSR count). The third-order valence-electron chi connectivity index (χ3n) is 4.05. The second-order valence-electron chi connectivity index (χ2n) is 6.16. The fourth-order valence-corrected chi connectivity index (χ4v) is 2.76. The van der Waals surface area contributed by atoms with Crippen molar-refractivity contribution in [2.24, 2.45) is 0 Å². The summed E-state index contributed by atoms with van der Waals surface area (Å²) in [6.07, 6.45) is 1.28. The van der Waals surface area contributed by atoms with Crippen molar-refractivity contribution in [3.63, 3.8) is 0 Å². The lowest BCUT2D eigenvalue weighted by Crippen LogP contribution is -2.19. The number of Topliss-reactive ketones (excluding diaryl/α,β-unsaturated/α-hetero) is 1. The van der Waals surface area contributed by atoms with Crippen LogP contribution in [0.5, 0.6) is 0 Å². The van der Waals surface area contributed by atoms with Crippen LogP contribution in [-0.2, 0) is 6.54 Å². The number of rotatable bonds is 5. The molecule has 30 heavy (non-hydrogen) atoms. The van der Waals surface area contributed by atoms with Crippen LogP contribution in [0.4, 0.5) is 33.5 Å². The van der Waals surface area contributed by atoms with Crippen LogP contribution in [0.15, 0.2) is 36.5 Å². The summed E-state index contributed by atoms with van der Waals surface area (Å²) >= 11 is 5.13. The zero-order valence-electron chi connectivity index (χ0n) is 15.3. The highest BCUT2D eigenvalue weighted by Gasteiger charge is 2.25. The summed E-state index contributed by atoms with van der Waals surface area (Å²) in [6, 6.07) is 7.93. The van der Waals surface area contributed by atoms with Gasteiger partial charge in [-0.25, -0.2) is 22.0 Å². The van der Waals surface area contributed by atoms with Crippen molar-refractivity contribution in [2.75, 3.05) is 10.6 Å². The molecule has 5 nitrogen and oxygen atoms in total. The average molecular weight is 440 g/mol. The maximum atomic E-state index is 13.8. The summed E-state index contributed by atoms with van der Waals surface area (Å²) in [5.74, 6) is -9.99. The van der Waals surface area contributed by atoms with E-state index in [9.17, 15) is 26.7 Å². The molecule has 2 aromatic carbocycles. The number of halogens is 5. The van der Waals surface area contributed by atoms with Crippen molar-refractivity contribution in [1.82, 2.24) is 9.78 Å². The number of nitrogens with one attached hydrogen (secondary N) is 2. The van der Waals surface area contributed by atoms with Gasteiger partial charge in [0.1, 0.15) is 0 Å². The summed E-state index contributed by atoms with van der Waals surface area (Å²) in [5.41, 5.74) is 0.122. The standard InChI is InChI=1S/C19H13F5N4OS/c1-9(29)10-2-4-11(5-3-10)25-19(30)26-13-6-7-28(27-13)8-12-14(20)16(22)18(24)17(23)15(12)21/h2-7H,8H2,1H3,(H2,25,26,27,30). The first kappa shape index (κ1) is 21.4. The SMILES string of the molecule is CC(=O)c1ccc(NC(=S)Nc2ccn(Cc3c(F)c(F)c(F)c(F)c3F)n2)cc1. The van der Waals surface area contributed by atoms with Gasteiger partial charge in [0, 0.05) is 23.5 Å². The topological polar surface area (TPSA) is 59.0 Å². The first-order valence-electron chi connectivity index (χ1n) is 8.40. The molecule has 1 heterocycles. The predicted molar refractivity (Wildman–Crippen MR) is 104 cm³/mol. The van der Waals surface area contributed by atoms with Gasteiger partial charge in [0.25, 0.3) is 0 Å². The summed E-state index contributed by atoms with van der Waals surface area (Å²) in [6.45, 7) is 0.761. The van der Waals surface area contributed by atoms with Crippen molar-refractivity contribution in [3.05, 3.63) is 76.7 Å². The van der Waals surface area contributed by atoms with Gasteiger partial charge in [-0.05, 0) is 43.4 Å². The van der Waals surface area contributed by atoms with Gasteiger partial charge in [0.15, 0.2) is 40.0 Å². The molecule has 0 spiro atoms. The van der Waals surface area contributed by atoms with E-state index in [1.54, 1.807) is 24.3 Å². The Morgan fingerprint density at radius 2 is 1.50 bits per heavy atom. The second-order valence-corrected chi connectivity index (χ2v) is 6.57. The molecule has 0 saturated heterocycles. The van der Waals surface area contributed by atoms with E-state index in [2.05, 4.69) is 15.7 Å². The van der Waals surface area contributed by atoms with Gasteiger partial charge in [-0.1, -0.05) is 0 Å². The van der Waals surface area contributed by atoms with Crippen LogP contribution in [0.25, 0.3) is 0 Å². The maximum Gasteiger partial charge on any atom is 0.200 e. The Bertz CT molecular complexity index is 1100.